The molecule has 5 heteroatoms. The second-order valence-electron chi connectivity index (χ2n) is 16.0. The van der Waals surface area contributed by atoms with Gasteiger partial charge in [-0.1, -0.05) is 158 Å². The molecule has 0 spiro atoms. The second kappa shape index (κ2) is 13.6. The largest absolute Gasteiger partial charge is 0.456 e. The Hall–Kier alpha value is -8.41. The minimum atomic E-state index is 0.583. The van der Waals surface area contributed by atoms with Crippen LogP contribution in [0.1, 0.15) is 0 Å². The highest BCUT2D eigenvalue weighted by atomic mass is 16.3. The molecule has 0 radical (unpaired) electrons. The molecule has 62 heavy (non-hydrogen) atoms. The lowest BCUT2D eigenvalue weighted by molar-refractivity contribution is 0.669. The summed E-state index contributed by atoms with van der Waals surface area (Å²) in [5.74, 6) is 1.81. The van der Waals surface area contributed by atoms with E-state index in [1.807, 2.05) is 36.4 Å². The van der Waals surface area contributed by atoms with E-state index in [2.05, 4.69) is 174 Å². The maximum atomic E-state index is 6.72. The van der Waals surface area contributed by atoms with Gasteiger partial charge in [-0.25, -0.2) is 15.0 Å². The third kappa shape index (κ3) is 5.38. The first-order chi connectivity index (χ1) is 30.7. The van der Waals surface area contributed by atoms with E-state index >= 15 is 0 Å². The van der Waals surface area contributed by atoms with Gasteiger partial charge in [-0.3, -0.25) is 0 Å². The van der Waals surface area contributed by atoms with Crippen molar-refractivity contribution in [3.63, 3.8) is 0 Å². The van der Waals surface area contributed by atoms with Crippen molar-refractivity contribution in [1.29, 1.82) is 0 Å². The first-order valence-electron chi connectivity index (χ1n) is 20.9. The van der Waals surface area contributed by atoms with E-state index in [-0.39, 0.29) is 0 Å². The van der Waals surface area contributed by atoms with E-state index in [9.17, 15) is 0 Å². The van der Waals surface area contributed by atoms with Crippen molar-refractivity contribution in [2.45, 2.75) is 0 Å². The SMILES string of the molecule is c1ccc(-c2cccc(-c3nc(-c4ccccc4)nc(-c4ccc5c(c4)oc4ccc6c(-n7c8cc9ccccc9cc8c8ccc9ccccc9c87)cccc6c45)n3)c2)cc1. The van der Waals surface area contributed by atoms with Gasteiger partial charge in [0.2, 0.25) is 0 Å². The summed E-state index contributed by atoms with van der Waals surface area (Å²) in [6.45, 7) is 0. The van der Waals surface area contributed by atoms with Gasteiger partial charge in [-0.05, 0) is 81.2 Å². The van der Waals surface area contributed by atoms with E-state index < -0.39 is 0 Å². The molecule has 3 aromatic heterocycles. The summed E-state index contributed by atoms with van der Waals surface area (Å²) in [5, 5.41) is 11.8. The van der Waals surface area contributed by atoms with E-state index in [4.69, 9.17) is 19.4 Å². The van der Waals surface area contributed by atoms with Gasteiger partial charge in [0.1, 0.15) is 11.2 Å². The zero-order valence-corrected chi connectivity index (χ0v) is 33.3. The summed E-state index contributed by atoms with van der Waals surface area (Å²) in [6, 6.07) is 72.8. The molecular formula is C57H34N4O. The van der Waals surface area contributed by atoms with E-state index in [0.717, 1.165) is 66.2 Å². The fourth-order valence-corrected chi connectivity index (χ4v) is 9.48. The van der Waals surface area contributed by atoms with Crippen LogP contribution in [0.4, 0.5) is 0 Å². The summed E-state index contributed by atoms with van der Waals surface area (Å²) in [6.07, 6.45) is 0. The molecule has 0 aliphatic heterocycles. The smallest absolute Gasteiger partial charge is 0.164 e. The lowest BCUT2D eigenvalue weighted by atomic mass is 10.0. The first kappa shape index (κ1) is 34.5. The summed E-state index contributed by atoms with van der Waals surface area (Å²) in [5.41, 5.74) is 10.1. The minimum Gasteiger partial charge on any atom is -0.456 e. The summed E-state index contributed by atoms with van der Waals surface area (Å²) < 4.78 is 9.19. The first-order valence-corrected chi connectivity index (χ1v) is 20.9. The van der Waals surface area contributed by atoms with Crippen molar-refractivity contribution in [3.8, 4) is 51.0 Å². The molecule has 0 fully saturated rings. The number of furan rings is 1. The van der Waals surface area contributed by atoms with Crippen LogP contribution < -0.4 is 0 Å². The van der Waals surface area contributed by atoms with Crippen LogP contribution in [0.15, 0.2) is 211 Å². The van der Waals surface area contributed by atoms with Crippen molar-refractivity contribution in [1.82, 2.24) is 19.5 Å². The topological polar surface area (TPSA) is 56.7 Å². The van der Waals surface area contributed by atoms with Crippen molar-refractivity contribution in [2.24, 2.45) is 0 Å². The Balaban J connectivity index is 0.998. The molecule has 3 heterocycles. The Labute approximate surface area is 355 Å². The Bertz CT molecular complexity index is 3920. The standard InChI is InChI=1S/C57H34N4O/c1-3-13-35(14-4-1)38-20-11-21-41(31-38)56-58-55(37-16-5-2-6-17-37)59-57(60-56)42-26-28-47-52(34-42)62-51-30-29-44-45(53(47)51)23-12-24-49(44)61-50-33-40-19-8-7-18-39(40)32-48(50)46-27-25-36-15-9-10-22-43(36)54(46)61/h1-34H. The Kier molecular flexibility index (Phi) is 7.54. The van der Waals surface area contributed by atoms with Crippen LogP contribution in [0.25, 0.3) is 127 Å². The maximum absolute atomic E-state index is 6.72. The molecule has 0 aliphatic carbocycles. The van der Waals surface area contributed by atoms with Crippen LogP contribution in [0.5, 0.6) is 0 Å². The maximum Gasteiger partial charge on any atom is 0.164 e. The Morgan fingerprint density at radius 3 is 1.73 bits per heavy atom. The molecule has 0 unspecified atom stereocenters. The van der Waals surface area contributed by atoms with Gasteiger partial charge in [0.05, 0.1) is 16.7 Å². The molecule has 5 nitrogen and oxygen atoms in total. The number of nitrogens with zero attached hydrogens (tertiary/aromatic N) is 4. The molecule has 0 aliphatic rings. The van der Waals surface area contributed by atoms with E-state index in [1.165, 1.54) is 43.4 Å². The van der Waals surface area contributed by atoms with Crippen molar-refractivity contribution in [3.05, 3.63) is 206 Å². The molecule has 0 saturated heterocycles. The minimum absolute atomic E-state index is 0.583. The van der Waals surface area contributed by atoms with Gasteiger partial charge < -0.3 is 8.98 Å². The average Bonchev–Trinajstić information content (AvgIpc) is 3.89. The molecular weight excluding hydrogens is 757 g/mol. The Morgan fingerprint density at radius 1 is 0.323 bits per heavy atom. The van der Waals surface area contributed by atoms with E-state index in [0.29, 0.717) is 17.5 Å². The number of benzene rings is 10. The highest BCUT2D eigenvalue weighted by Gasteiger charge is 2.20. The van der Waals surface area contributed by atoms with Gasteiger partial charge in [0.25, 0.3) is 0 Å². The number of hydrogen-bond donors (Lipinski definition) is 0. The summed E-state index contributed by atoms with van der Waals surface area (Å²) >= 11 is 0. The molecule has 0 amide bonds. The summed E-state index contributed by atoms with van der Waals surface area (Å²) in [4.78, 5) is 15.2. The molecule has 13 rings (SSSR count). The van der Waals surface area contributed by atoms with E-state index in [1.54, 1.807) is 0 Å². The van der Waals surface area contributed by atoms with Crippen LogP contribution in [-0.4, -0.2) is 19.5 Å². The molecule has 288 valence electrons. The zero-order valence-electron chi connectivity index (χ0n) is 33.3. The van der Waals surface area contributed by atoms with Crippen LogP contribution in [0.3, 0.4) is 0 Å². The van der Waals surface area contributed by atoms with Crippen LogP contribution >= 0.6 is 0 Å². The van der Waals surface area contributed by atoms with Gasteiger partial charge in [-0.15, -0.1) is 0 Å². The highest BCUT2D eigenvalue weighted by Crippen LogP contribution is 2.43. The van der Waals surface area contributed by atoms with Crippen molar-refractivity contribution >= 4 is 76.1 Å². The molecule has 0 N–H and O–H groups in total. The predicted octanol–water partition coefficient (Wildman–Crippen LogP) is 15.0. The zero-order chi connectivity index (χ0) is 40.7. The summed E-state index contributed by atoms with van der Waals surface area (Å²) in [7, 11) is 0. The Morgan fingerprint density at radius 2 is 0.919 bits per heavy atom. The number of rotatable bonds is 5. The molecule has 13 aromatic rings. The van der Waals surface area contributed by atoms with Gasteiger partial charge in [0, 0.05) is 49.0 Å². The fraction of sp³-hybridized carbons (Fsp3) is 0. The molecule has 10 aromatic carbocycles. The average molecular weight is 791 g/mol. The van der Waals surface area contributed by atoms with Gasteiger partial charge in [0.15, 0.2) is 17.5 Å². The fourth-order valence-electron chi connectivity index (χ4n) is 9.48. The van der Waals surface area contributed by atoms with Gasteiger partial charge >= 0.3 is 0 Å². The third-order valence-corrected chi connectivity index (χ3v) is 12.4. The number of fused-ring (bicyclic) bond motifs is 11. The predicted molar refractivity (Wildman–Crippen MR) is 256 cm³/mol. The second-order valence-corrected chi connectivity index (χ2v) is 16.0. The van der Waals surface area contributed by atoms with Crippen LogP contribution in [0.2, 0.25) is 0 Å². The quantitative estimate of drug-likeness (QED) is 0.174. The van der Waals surface area contributed by atoms with Crippen molar-refractivity contribution < 1.29 is 4.42 Å². The normalized spacial score (nSPS) is 11.9. The molecule has 0 saturated carbocycles. The molecule has 0 bridgehead atoms. The van der Waals surface area contributed by atoms with Gasteiger partial charge in [-0.2, -0.15) is 0 Å². The lowest BCUT2D eigenvalue weighted by Gasteiger charge is -2.14. The van der Waals surface area contributed by atoms with Crippen molar-refractivity contribution in [2.75, 3.05) is 0 Å². The third-order valence-electron chi connectivity index (χ3n) is 12.4. The monoisotopic (exact) mass is 790 g/mol. The highest BCUT2D eigenvalue weighted by molar-refractivity contribution is 6.24. The van der Waals surface area contributed by atoms with Crippen LogP contribution in [0, 0.1) is 0 Å². The lowest BCUT2D eigenvalue weighted by Crippen LogP contribution is -2.00. The number of aromatic nitrogens is 4. The number of hydrogen-bond acceptors (Lipinski definition) is 4. The van der Waals surface area contributed by atoms with Crippen LogP contribution in [-0.2, 0) is 0 Å². The molecule has 0 atom stereocenters.